The summed E-state index contributed by atoms with van der Waals surface area (Å²) in [5.41, 5.74) is 1.20. The number of unbranched alkanes of at least 4 members (excludes halogenated alkanes) is 1. The lowest BCUT2D eigenvalue weighted by molar-refractivity contribution is 0.176. The van der Waals surface area contributed by atoms with E-state index in [0.29, 0.717) is 13.1 Å². The number of benzene rings is 1. The molecule has 0 bridgehead atoms. The Kier molecular flexibility index (Phi) is 8.26. The Balaban J connectivity index is 2.49. The van der Waals surface area contributed by atoms with Gasteiger partial charge in [-0.25, -0.2) is 0 Å². The first-order valence-corrected chi connectivity index (χ1v) is 7.46. The highest BCUT2D eigenvalue weighted by atomic mass is 16.3. The van der Waals surface area contributed by atoms with Crippen LogP contribution >= 0.6 is 0 Å². The third-order valence-electron chi connectivity index (χ3n) is 3.14. The van der Waals surface area contributed by atoms with Crippen molar-refractivity contribution < 1.29 is 5.11 Å². The average Bonchev–Trinajstić information content (AvgIpc) is 2.44. The first kappa shape index (κ1) is 16.0. The van der Waals surface area contributed by atoms with Crippen molar-refractivity contribution >= 4 is 5.69 Å². The minimum Gasteiger partial charge on any atom is -0.390 e. The molecule has 19 heavy (non-hydrogen) atoms. The van der Waals surface area contributed by atoms with Crippen molar-refractivity contribution in [3.05, 3.63) is 30.3 Å². The summed E-state index contributed by atoms with van der Waals surface area (Å²) in [7, 11) is 0. The smallest absolute Gasteiger partial charge is 0.0839 e. The van der Waals surface area contributed by atoms with Crippen LogP contribution in [-0.2, 0) is 0 Å². The topological polar surface area (TPSA) is 35.5 Å². The van der Waals surface area contributed by atoms with Crippen molar-refractivity contribution in [3.8, 4) is 0 Å². The van der Waals surface area contributed by atoms with Gasteiger partial charge in [-0.15, -0.1) is 0 Å². The molecule has 0 saturated heterocycles. The van der Waals surface area contributed by atoms with Gasteiger partial charge in [-0.05, 0) is 31.5 Å². The fourth-order valence-corrected chi connectivity index (χ4v) is 2.08. The summed E-state index contributed by atoms with van der Waals surface area (Å²) in [6.07, 6.45) is 3.12. The minimum atomic E-state index is -0.316. The molecule has 1 aromatic carbocycles. The second-order valence-corrected chi connectivity index (χ2v) is 4.99. The number of nitrogens with zero attached hydrogens (tertiary/aromatic N) is 1. The van der Waals surface area contributed by atoms with E-state index in [1.165, 1.54) is 12.1 Å². The molecule has 1 unspecified atom stereocenters. The number of anilines is 1. The number of para-hydroxylation sites is 1. The predicted molar refractivity (Wildman–Crippen MR) is 82.7 cm³/mol. The monoisotopic (exact) mass is 264 g/mol. The molecule has 0 heterocycles. The number of hydrogen-bond acceptors (Lipinski definition) is 3. The van der Waals surface area contributed by atoms with Gasteiger partial charge in [0.25, 0.3) is 0 Å². The van der Waals surface area contributed by atoms with E-state index in [2.05, 4.69) is 48.3 Å². The second kappa shape index (κ2) is 9.82. The van der Waals surface area contributed by atoms with Crippen molar-refractivity contribution in [2.45, 2.75) is 39.2 Å². The molecule has 0 radical (unpaired) electrons. The Bertz CT molecular complexity index is 316. The standard InChI is InChI=1S/C16H28N2O/c1-3-5-12-18(15-9-7-6-8-10-15)14-16(19)13-17-11-4-2/h6-10,16-17,19H,3-5,11-14H2,1-2H3. The molecule has 108 valence electrons. The number of aliphatic hydroxyl groups is 1. The number of hydrogen-bond donors (Lipinski definition) is 2. The largest absolute Gasteiger partial charge is 0.390 e. The summed E-state index contributed by atoms with van der Waals surface area (Å²) >= 11 is 0. The molecule has 3 heteroatoms. The highest BCUT2D eigenvalue weighted by molar-refractivity contribution is 5.46. The van der Waals surface area contributed by atoms with E-state index >= 15 is 0 Å². The van der Waals surface area contributed by atoms with Crippen LogP contribution in [0.2, 0.25) is 0 Å². The summed E-state index contributed by atoms with van der Waals surface area (Å²) in [5.74, 6) is 0. The van der Waals surface area contributed by atoms with E-state index < -0.39 is 0 Å². The molecule has 0 aliphatic heterocycles. The Morgan fingerprint density at radius 1 is 1.16 bits per heavy atom. The van der Waals surface area contributed by atoms with Gasteiger partial charge in [-0.3, -0.25) is 0 Å². The minimum absolute atomic E-state index is 0.316. The van der Waals surface area contributed by atoms with Crippen LogP contribution in [0, 0.1) is 0 Å². The van der Waals surface area contributed by atoms with Gasteiger partial charge in [0, 0.05) is 25.3 Å². The lowest BCUT2D eigenvalue weighted by Gasteiger charge is -2.27. The van der Waals surface area contributed by atoms with Gasteiger partial charge < -0.3 is 15.3 Å². The Morgan fingerprint density at radius 2 is 1.89 bits per heavy atom. The Hall–Kier alpha value is -1.06. The van der Waals surface area contributed by atoms with Gasteiger partial charge >= 0.3 is 0 Å². The first-order chi connectivity index (χ1) is 9.27. The van der Waals surface area contributed by atoms with Crippen LogP contribution in [0.1, 0.15) is 33.1 Å². The summed E-state index contributed by atoms with van der Waals surface area (Å²) in [5, 5.41) is 13.4. The van der Waals surface area contributed by atoms with E-state index in [1.807, 2.05) is 6.07 Å². The van der Waals surface area contributed by atoms with Crippen LogP contribution in [0.3, 0.4) is 0 Å². The van der Waals surface area contributed by atoms with Crippen molar-refractivity contribution in [2.75, 3.05) is 31.1 Å². The van der Waals surface area contributed by atoms with Gasteiger partial charge in [0.2, 0.25) is 0 Å². The van der Waals surface area contributed by atoms with Gasteiger partial charge in [0.05, 0.1) is 6.10 Å². The Labute approximate surface area is 117 Å². The maximum absolute atomic E-state index is 10.1. The summed E-state index contributed by atoms with van der Waals surface area (Å²) in [4.78, 5) is 2.28. The molecule has 1 aromatic rings. The molecule has 0 aliphatic carbocycles. The van der Waals surface area contributed by atoms with E-state index in [-0.39, 0.29) is 6.10 Å². The third-order valence-corrected chi connectivity index (χ3v) is 3.14. The van der Waals surface area contributed by atoms with Crippen LogP contribution < -0.4 is 10.2 Å². The van der Waals surface area contributed by atoms with Crippen molar-refractivity contribution in [1.29, 1.82) is 0 Å². The molecule has 0 aromatic heterocycles. The van der Waals surface area contributed by atoms with E-state index in [0.717, 1.165) is 25.9 Å². The summed E-state index contributed by atoms with van der Waals surface area (Å²) in [6.45, 7) is 7.67. The molecule has 1 atom stereocenters. The van der Waals surface area contributed by atoms with Crippen LogP contribution in [0.5, 0.6) is 0 Å². The van der Waals surface area contributed by atoms with Crippen LogP contribution in [0.25, 0.3) is 0 Å². The maximum atomic E-state index is 10.1. The predicted octanol–water partition coefficient (Wildman–Crippen LogP) is 2.65. The first-order valence-electron chi connectivity index (χ1n) is 7.46. The summed E-state index contributed by atoms with van der Waals surface area (Å²) < 4.78 is 0. The maximum Gasteiger partial charge on any atom is 0.0839 e. The van der Waals surface area contributed by atoms with Crippen LogP contribution in [-0.4, -0.2) is 37.4 Å². The highest BCUT2D eigenvalue weighted by Crippen LogP contribution is 2.14. The van der Waals surface area contributed by atoms with Gasteiger partial charge in [0.1, 0.15) is 0 Å². The zero-order valence-corrected chi connectivity index (χ0v) is 12.3. The fraction of sp³-hybridized carbons (Fsp3) is 0.625. The van der Waals surface area contributed by atoms with Crippen LogP contribution in [0.15, 0.2) is 30.3 Å². The molecule has 0 saturated carbocycles. The lowest BCUT2D eigenvalue weighted by Crippen LogP contribution is -2.39. The van der Waals surface area contributed by atoms with Gasteiger partial charge in [-0.2, -0.15) is 0 Å². The normalized spacial score (nSPS) is 12.4. The van der Waals surface area contributed by atoms with E-state index in [1.54, 1.807) is 0 Å². The molecule has 0 fully saturated rings. The molecule has 1 rings (SSSR count). The quantitative estimate of drug-likeness (QED) is 0.638. The molecular weight excluding hydrogens is 236 g/mol. The van der Waals surface area contributed by atoms with Gasteiger partial charge in [-0.1, -0.05) is 38.5 Å². The molecule has 2 N–H and O–H groups in total. The molecule has 0 spiro atoms. The van der Waals surface area contributed by atoms with Crippen LogP contribution in [0.4, 0.5) is 5.69 Å². The molecular formula is C16H28N2O. The zero-order chi connectivity index (χ0) is 13.9. The van der Waals surface area contributed by atoms with Crippen molar-refractivity contribution in [1.82, 2.24) is 5.32 Å². The second-order valence-electron chi connectivity index (χ2n) is 4.99. The summed E-state index contributed by atoms with van der Waals surface area (Å²) in [6, 6.07) is 10.4. The SMILES string of the molecule is CCCCN(CC(O)CNCCC)c1ccccc1. The molecule has 0 aliphatic rings. The fourth-order valence-electron chi connectivity index (χ4n) is 2.08. The lowest BCUT2D eigenvalue weighted by atomic mass is 10.2. The third kappa shape index (κ3) is 6.60. The number of aliphatic hydroxyl groups excluding tert-OH is 1. The van der Waals surface area contributed by atoms with E-state index in [4.69, 9.17) is 0 Å². The van der Waals surface area contributed by atoms with Crippen molar-refractivity contribution in [3.63, 3.8) is 0 Å². The van der Waals surface area contributed by atoms with Gasteiger partial charge in [0.15, 0.2) is 0 Å². The number of nitrogens with one attached hydrogen (secondary N) is 1. The molecule has 3 nitrogen and oxygen atoms in total. The van der Waals surface area contributed by atoms with Crippen molar-refractivity contribution in [2.24, 2.45) is 0 Å². The Morgan fingerprint density at radius 3 is 2.53 bits per heavy atom. The number of rotatable bonds is 10. The average molecular weight is 264 g/mol. The van der Waals surface area contributed by atoms with E-state index in [9.17, 15) is 5.11 Å². The highest BCUT2D eigenvalue weighted by Gasteiger charge is 2.11. The molecule has 0 amide bonds. The zero-order valence-electron chi connectivity index (χ0n) is 12.3.